The number of hydrogen-bond donors (Lipinski definition) is 2. The van der Waals surface area contributed by atoms with Gasteiger partial charge in [0.25, 0.3) is 0 Å². The van der Waals surface area contributed by atoms with Crippen molar-refractivity contribution in [3.05, 3.63) is 16.4 Å². The predicted molar refractivity (Wildman–Crippen MR) is 146 cm³/mol. The molecular formula is C25H42Cl3N5O3. The van der Waals surface area contributed by atoms with Gasteiger partial charge >= 0.3 is 0 Å². The monoisotopic (exact) mass is 565 g/mol. The van der Waals surface area contributed by atoms with Gasteiger partial charge in [0.1, 0.15) is 16.7 Å². The molecule has 1 aromatic heterocycles. The van der Waals surface area contributed by atoms with E-state index in [-0.39, 0.29) is 36.6 Å². The number of nitrogens with one attached hydrogen (secondary N) is 1. The SMILES string of the molecule is CCCCN1C(=O)[C@@H](CC2(O)CCCCC2)NC(=O)C12CCN(Cc1c(C)nn(C)c1Cl)CC2.Cl.Cl. The second-order valence-electron chi connectivity index (χ2n) is 10.6. The van der Waals surface area contributed by atoms with E-state index in [0.717, 1.165) is 43.4 Å². The highest BCUT2D eigenvalue weighted by atomic mass is 35.5. The minimum atomic E-state index is -0.850. The van der Waals surface area contributed by atoms with E-state index in [2.05, 4.69) is 22.2 Å². The lowest BCUT2D eigenvalue weighted by Gasteiger charge is -2.52. The van der Waals surface area contributed by atoms with Crippen molar-refractivity contribution in [3.8, 4) is 0 Å². The maximum Gasteiger partial charge on any atom is 0.246 e. The fourth-order valence-corrected chi connectivity index (χ4v) is 6.34. The summed E-state index contributed by atoms with van der Waals surface area (Å²) in [6, 6.07) is -0.632. The van der Waals surface area contributed by atoms with E-state index >= 15 is 0 Å². The van der Waals surface area contributed by atoms with Gasteiger partial charge in [0, 0.05) is 45.2 Å². The van der Waals surface area contributed by atoms with Crippen LogP contribution in [0.3, 0.4) is 0 Å². The average molecular weight is 567 g/mol. The highest BCUT2D eigenvalue weighted by Crippen LogP contribution is 2.38. The van der Waals surface area contributed by atoms with Gasteiger partial charge in [-0.15, -0.1) is 24.8 Å². The molecule has 1 aliphatic carbocycles. The first kappa shape index (κ1) is 31.2. The summed E-state index contributed by atoms with van der Waals surface area (Å²) in [6.45, 7) is 6.77. The number of carbonyl (C=O) groups is 2. The van der Waals surface area contributed by atoms with E-state index in [4.69, 9.17) is 11.6 Å². The Morgan fingerprint density at radius 2 is 1.75 bits per heavy atom. The van der Waals surface area contributed by atoms with Crippen LogP contribution in [0.4, 0.5) is 0 Å². The summed E-state index contributed by atoms with van der Waals surface area (Å²) in [5.74, 6) is -0.0745. The lowest BCUT2D eigenvalue weighted by molar-refractivity contribution is -0.163. The lowest BCUT2D eigenvalue weighted by Crippen LogP contribution is -2.73. The van der Waals surface area contributed by atoms with E-state index in [9.17, 15) is 14.7 Å². The molecule has 0 bridgehead atoms. The Hall–Kier alpha value is -1.06. The van der Waals surface area contributed by atoms with E-state index in [1.807, 2.05) is 18.9 Å². The van der Waals surface area contributed by atoms with Crippen molar-refractivity contribution in [1.82, 2.24) is 24.9 Å². The molecule has 3 aliphatic rings. The third-order valence-electron chi connectivity index (χ3n) is 8.25. The van der Waals surface area contributed by atoms with Crippen molar-refractivity contribution in [3.63, 3.8) is 0 Å². The van der Waals surface area contributed by atoms with Crippen LogP contribution in [-0.4, -0.2) is 73.3 Å². The van der Waals surface area contributed by atoms with Crippen LogP contribution in [0.1, 0.15) is 82.4 Å². The molecule has 206 valence electrons. The molecule has 8 nitrogen and oxygen atoms in total. The van der Waals surface area contributed by atoms with Crippen molar-refractivity contribution < 1.29 is 14.7 Å². The van der Waals surface area contributed by atoms with Gasteiger partial charge in [0.05, 0.1) is 11.3 Å². The quantitative estimate of drug-likeness (QED) is 0.524. The molecule has 1 spiro atoms. The maximum atomic E-state index is 13.7. The number of halogens is 3. The smallest absolute Gasteiger partial charge is 0.246 e. The van der Waals surface area contributed by atoms with Crippen molar-refractivity contribution >= 4 is 48.2 Å². The zero-order chi connectivity index (χ0) is 24.5. The van der Waals surface area contributed by atoms with Gasteiger partial charge in [-0.1, -0.05) is 44.2 Å². The maximum absolute atomic E-state index is 13.7. The third kappa shape index (κ3) is 6.15. The Bertz CT molecular complexity index is 911. The molecule has 36 heavy (non-hydrogen) atoms. The fourth-order valence-electron chi connectivity index (χ4n) is 6.10. The standard InChI is InChI=1S/C25H40ClN5O3.2ClH/c1-4-5-13-31-22(32)20(16-24(34)9-7-6-8-10-24)27-23(33)25(31)11-14-30(15-12-25)17-19-18(2)28-29(3)21(19)26;;/h20,34H,4-17H2,1-3H3,(H,27,33);2*1H/t20-;;/m1../s1. The molecule has 0 aromatic carbocycles. The molecule has 3 heterocycles. The largest absolute Gasteiger partial charge is 0.390 e. The molecular weight excluding hydrogens is 525 g/mol. The molecule has 1 aromatic rings. The average Bonchev–Trinajstić information content (AvgIpc) is 3.05. The zero-order valence-corrected chi connectivity index (χ0v) is 24.1. The minimum absolute atomic E-state index is 0. The third-order valence-corrected chi connectivity index (χ3v) is 8.72. The van der Waals surface area contributed by atoms with E-state index < -0.39 is 17.2 Å². The van der Waals surface area contributed by atoms with Crippen molar-refractivity contribution in [2.24, 2.45) is 7.05 Å². The molecule has 0 radical (unpaired) electrons. The summed E-state index contributed by atoms with van der Waals surface area (Å²) in [7, 11) is 1.84. The van der Waals surface area contributed by atoms with Crippen LogP contribution in [0.25, 0.3) is 0 Å². The molecule has 0 unspecified atom stereocenters. The number of aliphatic hydroxyl groups is 1. The molecule has 1 atom stereocenters. The Balaban J connectivity index is 0.00000228. The highest BCUT2D eigenvalue weighted by molar-refractivity contribution is 6.30. The Morgan fingerprint density at radius 3 is 2.31 bits per heavy atom. The second-order valence-corrected chi connectivity index (χ2v) is 11.0. The van der Waals surface area contributed by atoms with Crippen molar-refractivity contribution in [2.75, 3.05) is 19.6 Å². The predicted octanol–water partition coefficient (Wildman–Crippen LogP) is 3.77. The van der Waals surface area contributed by atoms with Crippen LogP contribution in [0, 0.1) is 6.92 Å². The number of likely N-dealkylation sites (tertiary alicyclic amines) is 1. The van der Waals surface area contributed by atoms with Crippen LogP contribution < -0.4 is 5.32 Å². The first-order chi connectivity index (χ1) is 16.2. The molecule has 4 rings (SSSR count). The molecule has 1 saturated carbocycles. The normalized spacial score (nSPS) is 23.7. The zero-order valence-electron chi connectivity index (χ0n) is 21.7. The van der Waals surface area contributed by atoms with Crippen LogP contribution in [-0.2, 0) is 23.2 Å². The number of piperazine rings is 1. The van der Waals surface area contributed by atoms with Gasteiger partial charge in [-0.25, -0.2) is 0 Å². The summed E-state index contributed by atoms with van der Waals surface area (Å²) in [4.78, 5) is 31.4. The molecule has 2 aliphatic heterocycles. The summed E-state index contributed by atoms with van der Waals surface area (Å²) in [6.07, 6.45) is 7.84. The van der Waals surface area contributed by atoms with Crippen molar-refractivity contribution in [2.45, 2.75) is 102 Å². The van der Waals surface area contributed by atoms with Gasteiger partial charge in [-0.05, 0) is 39.0 Å². The van der Waals surface area contributed by atoms with Gasteiger partial charge in [0.2, 0.25) is 11.8 Å². The number of rotatable bonds is 7. The van der Waals surface area contributed by atoms with Crippen LogP contribution in [0.15, 0.2) is 0 Å². The van der Waals surface area contributed by atoms with E-state index in [1.54, 1.807) is 4.68 Å². The summed E-state index contributed by atoms with van der Waals surface area (Å²) in [5, 5.41) is 19.2. The first-order valence-corrected chi connectivity index (χ1v) is 13.3. The van der Waals surface area contributed by atoms with Crippen LogP contribution in [0.5, 0.6) is 0 Å². The summed E-state index contributed by atoms with van der Waals surface area (Å²) >= 11 is 6.44. The summed E-state index contributed by atoms with van der Waals surface area (Å²) in [5.41, 5.74) is 0.290. The molecule has 2 saturated heterocycles. The highest BCUT2D eigenvalue weighted by Gasteiger charge is 2.54. The van der Waals surface area contributed by atoms with Gasteiger partial charge in [-0.3, -0.25) is 19.2 Å². The van der Waals surface area contributed by atoms with Crippen LogP contribution >= 0.6 is 36.4 Å². The van der Waals surface area contributed by atoms with E-state index in [1.165, 1.54) is 0 Å². The number of piperidine rings is 1. The first-order valence-electron chi connectivity index (χ1n) is 12.9. The van der Waals surface area contributed by atoms with Crippen molar-refractivity contribution in [1.29, 1.82) is 0 Å². The lowest BCUT2D eigenvalue weighted by atomic mass is 9.77. The van der Waals surface area contributed by atoms with Gasteiger partial charge < -0.3 is 15.3 Å². The number of amides is 2. The topological polar surface area (TPSA) is 90.7 Å². The molecule has 2 N–H and O–H groups in total. The summed E-state index contributed by atoms with van der Waals surface area (Å²) < 4.78 is 1.69. The van der Waals surface area contributed by atoms with Gasteiger partial charge in [0.15, 0.2) is 0 Å². The Kier molecular flexibility index (Phi) is 11.0. The molecule has 2 amide bonds. The number of carbonyl (C=O) groups excluding carboxylic acids is 2. The molecule has 11 heteroatoms. The van der Waals surface area contributed by atoms with E-state index in [0.29, 0.717) is 63.4 Å². The van der Waals surface area contributed by atoms with Gasteiger partial charge in [-0.2, -0.15) is 5.10 Å². The number of aryl methyl sites for hydroxylation is 2. The second kappa shape index (κ2) is 12.7. The number of hydrogen-bond acceptors (Lipinski definition) is 5. The number of nitrogens with zero attached hydrogens (tertiary/aromatic N) is 4. The number of aromatic nitrogens is 2. The Morgan fingerprint density at radius 1 is 1.11 bits per heavy atom. The Labute approximate surface area is 232 Å². The molecule has 3 fully saturated rings. The minimum Gasteiger partial charge on any atom is -0.390 e. The fraction of sp³-hybridized carbons (Fsp3) is 0.800. The van der Waals surface area contributed by atoms with Crippen LogP contribution in [0.2, 0.25) is 5.15 Å². The number of unbranched alkanes of at least 4 members (excludes halogenated alkanes) is 1.